The predicted octanol–water partition coefficient (Wildman–Crippen LogP) is 2.32. The number of rotatable bonds is 2. The van der Waals surface area contributed by atoms with Crippen LogP contribution < -0.4 is 0 Å². The van der Waals surface area contributed by atoms with E-state index in [9.17, 15) is 13.5 Å². The van der Waals surface area contributed by atoms with Gasteiger partial charge in [0.15, 0.2) is 0 Å². The molecule has 2 fully saturated rings. The number of hydrogen-bond acceptors (Lipinski definition) is 3. The predicted molar refractivity (Wildman–Crippen MR) is 77.3 cm³/mol. The highest BCUT2D eigenvalue weighted by molar-refractivity contribution is 7.89. The number of aliphatic hydroxyl groups excluding tert-OH is 1. The number of aliphatic hydroxyl groups is 1. The molecule has 0 aliphatic carbocycles. The van der Waals surface area contributed by atoms with E-state index in [1.807, 2.05) is 6.92 Å². The Balaban J connectivity index is 2.01. The number of benzene rings is 1. The topological polar surface area (TPSA) is 57.6 Å². The van der Waals surface area contributed by atoms with E-state index < -0.39 is 10.0 Å². The zero-order valence-electron chi connectivity index (χ0n) is 11.3. The van der Waals surface area contributed by atoms with Crippen LogP contribution in [0.3, 0.4) is 0 Å². The minimum absolute atomic E-state index is 0.0916. The molecule has 0 radical (unpaired) electrons. The second-order valence-electron chi connectivity index (χ2n) is 5.78. The van der Waals surface area contributed by atoms with Gasteiger partial charge in [-0.25, -0.2) is 8.42 Å². The Morgan fingerprint density at radius 2 is 1.85 bits per heavy atom. The van der Waals surface area contributed by atoms with E-state index in [-0.39, 0.29) is 28.1 Å². The van der Waals surface area contributed by atoms with Gasteiger partial charge in [-0.2, -0.15) is 4.31 Å². The van der Waals surface area contributed by atoms with E-state index in [0.717, 1.165) is 18.4 Å². The molecule has 20 heavy (non-hydrogen) atoms. The van der Waals surface area contributed by atoms with Gasteiger partial charge in [0.1, 0.15) is 4.90 Å². The monoisotopic (exact) mass is 315 g/mol. The third kappa shape index (κ3) is 2.26. The van der Waals surface area contributed by atoms with Crippen molar-refractivity contribution in [3.63, 3.8) is 0 Å². The minimum atomic E-state index is -3.58. The van der Waals surface area contributed by atoms with Crippen LogP contribution in [0, 0.1) is 6.92 Å². The molecule has 2 saturated heterocycles. The number of piperidine rings is 1. The van der Waals surface area contributed by atoms with Crippen molar-refractivity contribution in [1.82, 2.24) is 4.31 Å². The van der Waals surface area contributed by atoms with E-state index in [4.69, 9.17) is 11.6 Å². The summed E-state index contributed by atoms with van der Waals surface area (Å²) in [7, 11) is -3.58. The molecule has 110 valence electrons. The first kappa shape index (κ1) is 14.3. The first-order valence-electron chi connectivity index (χ1n) is 6.87. The Hall–Kier alpha value is -0.620. The fourth-order valence-electron chi connectivity index (χ4n) is 3.43. The van der Waals surface area contributed by atoms with Crippen LogP contribution in [0.25, 0.3) is 0 Å². The number of sulfonamides is 1. The van der Waals surface area contributed by atoms with Gasteiger partial charge in [-0.1, -0.05) is 17.7 Å². The van der Waals surface area contributed by atoms with Gasteiger partial charge in [0.05, 0.1) is 11.1 Å². The molecular formula is C14H18ClNO3S. The van der Waals surface area contributed by atoms with Crippen molar-refractivity contribution in [2.45, 2.75) is 55.7 Å². The van der Waals surface area contributed by atoms with Gasteiger partial charge in [-0.05, 0) is 50.3 Å². The number of fused-ring (bicyclic) bond motifs is 2. The molecule has 4 nitrogen and oxygen atoms in total. The molecule has 2 unspecified atom stereocenters. The fraction of sp³-hybridized carbons (Fsp3) is 0.571. The third-order valence-corrected chi connectivity index (χ3v) is 6.77. The number of hydrogen-bond donors (Lipinski definition) is 1. The van der Waals surface area contributed by atoms with Crippen molar-refractivity contribution >= 4 is 21.6 Å². The van der Waals surface area contributed by atoms with Gasteiger partial charge in [0, 0.05) is 12.1 Å². The van der Waals surface area contributed by atoms with Gasteiger partial charge in [-0.15, -0.1) is 0 Å². The van der Waals surface area contributed by atoms with Crippen molar-refractivity contribution in [2.75, 3.05) is 0 Å². The molecule has 0 amide bonds. The van der Waals surface area contributed by atoms with Gasteiger partial charge in [-0.3, -0.25) is 0 Å². The number of nitrogens with zero attached hydrogens (tertiary/aromatic N) is 1. The lowest BCUT2D eigenvalue weighted by molar-refractivity contribution is 0.0769. The van der Waals surface area contributed by atoms with Crippen molar-refractivity contribution in [1.29, 1.82) is 0 Å². The Morgan fingerprint density at radius 1 is 1.25 bits per heavy atom. The summed E-state index contributed by atoms with van der Waals surface area (Å²) in [5.74, 6) is 0. The molecular weight excluding hydrogens is 298 g/mol. The second kappa shape index (κ2) is 4.98. The molecule has 0 spiro atoms. The Morgan fingerprint density at radius 3 is 2.40 bits per heavy atom. The van der Waals surface area contributed by atoms with E-state index in [1.54, 1.807) is 22.5 Å². The number of aryl methyl sites for hydroxylation is 1. The van der Waals surface area contributed by atoms with E-state index in [1.165, 1.54) is 0 Å². The zero-order valence-corrected chi connectivity index (χ0v) is 12.9. The van der Waals surface area contributed by atoms with E-state index in [0.29, 0.717) is 12.8 Å². The van der Waals surface area contributed by atoms with Crippen molar-refractivity contribution in [2.24, 2.45) is 0 Å². The summed E-state index contributed by atoms with van der Waals surface area (Å²) < 4.78 is 27.3. The van der Waals surface area contributed by atoms with Gasteiger partial charge >= 0.3 is 0 Å². The summed E-state index contributed by atoms with van der Waals surface area (Å²) in [5, 5.41) is 10.1. The average Bonchev–Trinajstić information content (AvgIpc) is 2.62. The standard InChI is InChI=1S/C14H18ClNO3S/c1-9-2-5-14(13(15)6-9)20(18,19)16-10-3-4-11(16)8-12(17)7-10/h2,5-6,10-12,17H,3-4,7-8H2,1H3. The van der Waals surface area contributed by atoms with E-state index in [2.05, 4.69) is 0 Å². The summed E-state index contributed by atoms with van der Waals surface area (Å²) in [5.41, 5.74) is 0.936. The molecule has 2 aliphatic heterocycles. The fourth-order valence-corrected chi connectivity index (χ4v) is 5.89. The molecule has 1 aromatic rings. The molecule has 2 aliphatic rings. The lowest BCUT2D eigenvalue weighted by Gasteiger charge is -2.36. The summed E-state index contributed by atoms with van der Waals surface area (Å²) in [6, 6.07) is 4.84. The van der Waals surface area contributed by atoms with Crippen LogP contribution >= 0.6 is 11.6 Å². The second-order valence-corrected chi connectivity index (χ2v) is 8.00. The quantitative estimate of drug-likeness (QED) is 0.911. The third-order valence-electron chi connectivity index (χ3n) is 4.28. The highest BCUT2D eigenvalue weighted by Crippen LogP contribution is 2.40. The molecule has 3 rings (SSSR count). The Bertz CT molecular complexity index is 617. The number of halogens is 1. The minimum Gasteiger partial charge on any atom is -0.393 e. The highest BCUT2D eigenvalue weighted by Gasteiger charge is 2.47. The maximum absolute atomic E-state index is 12.8. The van der Waals surface area contributed by atoms with E-state index >= 15 is 0 Å². The first-order chi connectivity index (χ1) is 9.39. The molecule has 0 aromatic heterocycles. The van der Waals surface area contributed by atoms with Crippen molar-refractivity contribution in [3.8, 4) is 0 Å². The van der Waals surface area contributed by atoms with Crippen LogP contribution in [0.15, 0.2) is 23.1 Å². The smallest absolute Gasteiger partial charge is 0.245 e. The molecule has 2 bridgehead atoms. The summed E-state index contributed by atoms with van der Waals surface area (Å²) in [6.07, 6.45) is 2.32. The van der Waals surface area contributed by atoms with Crippen LogP contribution in [0.2, 0.25) is 5.02 Å². The van der Waals surface area contributed by atoms with Crippen LogP contribution in [0.5, 0.6) is 0 Å². The molecule has 6 heteroatoms. The molecule has 0 saturated carbocycles. The molecule has 1 aromatic carbocycles. The van der Waals surface area contributed by atoms with Crippen LogP contribution in [-0.4, -0.2) is 36.0 Å². The highest BCUT2D eigenvalue weighted by atomic mass is 35.5. The van der Waals surface area contributed by atoms with Crippen LogP contribution in [0.4, 0.5) is 0 Å². The molecule has 2 heterocycles. The molecule has 2 atom stereocenters. The summed E-state index contributed by atoms with van der Waals surface area (Å²) >= 11 is 6.12. The average molecular weight is 316 g/mol. The Kier molecular flexibility index (Phi) is 3.57. The molecule has 1 N–H and O–H groups in total. The Labute approximate surface area is 124 Å². The largest absolute Gasteiger partial charge is 0.393 e. The lowest BCUT2D eigenvalue weighted by atomic mass is 10.0. The maximum Gasteiger partial charge on any atom is 0.245 e. The van der Waals surface area contributed by atoms with Crippen LogP contribution in [0.1, 0.15) is 31.2 Å². The van der Waals surface area contributed by atoms with Gasteiger partial charge < -0.3 is 5.11 Å². The first-order valence-corrected chi connectivity index (χ1v) is 8.69. The van der Waals surface area contributed by atoms with Crippen LogP contribution in [-0.2, 0) is 10.0 Å². The van der Waals surface area contributed by atoms with Gasteiger partial charge in [0.2, 0.25) is 10.0 Å². The maximum atomic E-state index is 12.8. The lowest BCUT2D eigenvalue weighted by Crippen LogP contribution is -2.47. The summed E-state index contributed by atoms with van der Waals surface area (Å²) in [4.78, 5) is 0.179. The van der Waals surface area contributed by atoms with Gasteiger partial charge in [0.25, 0.3) is 0 Å². The zero-order chi connectivity index (χ0) is 14.5. The normalized spacial score (nSPS) is 30.6. The summed E-state index contributed by atoms with van der Waals surface area (Å²) in [6.45, 7) is 1.88. The SMILES string of the molecule is Cc1ccc(S(=O)(=O)N2C3CCC2CC(O)C3)c(Cl)c1. The van der Waals surface area contributed by atoms with Crippen molar-refractivity contribution < 1.29 is 13.5 Å². The van der Waals surface area contributed by atoms with Crippen molar-refractivity contribution in [3.05, 3.63) is 28.8 Å².